The Balaban J connectivity index is 2.08. The Labute approximate surface area is 110 Å². The van der Waals surface area contributed by atoms with Gasteiger partial charge in [0.05, 0.1) is 0 Å². The van der Waals surface area contributed by atoms with Crippen molar-refractivity contribution in [2.75, 3.05) is 11.4 Å². The molecule has 0 aliphatic carbocycles. The number of fused-ring (bicyclic) bond motifs is 1. The number of carbonyl (C=O) groups is 1. The molecule has 1 aliphatic heterocycles. The maximum Gasteiger partial charge on any atom is 0.227 e. The van der Waals surface area contributed by atoms with Gasteiger partial charge in [-0.25, -0.2) is 0 Å². The molecule has 1 aliphatic rings. The summed E-state index contributed by atoms with van der Waals surface area (Å²) >= 11 is 3.45. The molecule has 0 fully saturated rings. The van der Waals surface area contributed by atoms with Gasteiger partial charge in [0.1, 0.15) is 0 Å². The topological polar surface area (TPSA) is 46.3 Å². The van der Waals surface area contributed by atoms with Gasteiger partial charge in [-0.1, -0.05) is 15.9 Å². The van der Waals surface area contributed by atoms with Crippen molar-refractivity contribution in [3.8, 4) is 0 Å². The zero-order valence-electron chi connectivity index (χ0n) is 9.95. The number of hydrogen-bond acceptors (Lipinski definition) is 2. The van der Waals surface area contributed by atoms with Crippen LogP contribution in [0.3, 0.4) is 0 Å². The van der Waals surface area contributed by atoms with Gasteiger partial charge in [-0.3, -0.25) is 4.79 Å². The van der Waals surface area contributed by atoms with Crippen molar-refractivity contribution < 1.29 is 4.79 Å². The first-order valence-electron chi connectivity index (χ1n) is 5.92. The molecule has 1 unspecified atom stereocenters. The van der Waals surface area contributed by atoms with Crippen molar-refractivity contribution in [3.05, 3.63) is 28.2 Å². The molecule has 2 N–H and O–H groups in total. The molecule has 0 radical (unpaired) electrons. The number of halogens is 1. The highest BCUT2D eigenvalue weighted by atomic mass is 79.9. The smallest absolute Gasteiger partial charge is 0.227 e. The minimum atomic E-state index is 0.0888. The molecule has 1 aromatic carbocycles. The predicted molar refractivity (Wildman–Crippen MR) is 73.1 cm³/mol. The lowest BCUT2D eigenvalue weighted by Crippen LogP contribution is -2.30. The van der Waals surface area contributed by atoms with E-state index in [1.54, 1.807) is 0 Å². The number of hydrogen-bond donors (Lipinski definition) is 1. The molecule has 1 amide bonds. The third-order valence-electron chi connectivity index (χ3n) is 3.05. The lowest BCUT2D eigenvalue weighted by Gasteiger charge is -2.18. The molecule has 4 heteroatoms. The first kappa shape index (κ1) is 12.6. The normalized spacial score (nSPS) is 15.8. The Hall–Kier alpha value is -0.870. The molecular weight excluding hydrogens is 280 g/mol. The molecule has 92 valence electrons. The highest BCUT2D eigenvalue weighted by Gasteiger charge is 2.24. The standard InChI is InChI=1S/C13H17BrN2O/c1-9(15)2-5-13(17)16-7-6-10-8-11(14)3-4-12(10)16/h3-4,8-9H,2,5-7,15H2,1H3. The Morgan fingerprint density at radius 2 is 2.35 bits per heavy atom. The summed E-state index contributed by atoms with van der Waals surface area (Å²) in [4.78, 5) is 13.9. The van der Waals surface area contributed by atoms with Crippen molar-refractivity contribution in [3.63, 3.8) is 0 Å². The van der Waals surface area contributed by atoms with Gasteiger partial charge in [0.2, 0.25) is 5.91 Å². The van der Waals surface area contributed by atoms with Gasteiger partial charge in [-0.05, 0) is 43.5 Å². The Kier molecular flexibility index (Phi) is 3.84. The van der Waals surface area contributed by atoms with Crippen LogP contribution in [0.15, 0.2) is 22.7 Å². The van der Waals surface area contributed by atoms with E-state index in [4.69, 9.17) is 5.73 Å². The molecule has 0 aromatic heterocycles. The number of carbonyl (C=O) groups excluding carboxylic acids is 1. The van der Waals surface area contributed by atoms with Crippen LogP contribution >= 0.6 is 15.9 Å². The van der Waals surface area contributed by atoms with Gasteiger partial charge in [0, 0.05) is 29.2 Å². The third-order valence-corrected chi connectivity index (χ3v) is 3.54. The second-order valence-electron chi connectivity index (χ2n) is 4.58. The van der Waals surface area contributed by atoms with E-state index >= 15 is 0 Å². The fourth-order valence-electron chi connectivity index (χ4n) is 2.12. The van der Waals surface area contributed by atoms with Crippen LogP contribution in [0, 0.1) is 0 Å². The zero-order valence-corrected chi connectivity index (χ0v) is 11.5. The van der Waals surface area contributed by atoms with Crippen LogP contribution in [0.5, 0.6) is 0 Å². The van der Waals surface area contributed by atoms with Gasteiger partial charge in [-0.2, -0.15) is 0 Å². The van der Waals surface area contributed by atoms with Crippen LogP contribution in [0.4, 0.5) is 5.69 Å². The van der Waals surface area contributed by atoms with Crippen LogP contribution in [0.25, 0.3) is 0 Å². The number of benzene rings is 1. The summed E-state index contributed by atoms with van der Waals surface area (Å²) in [5, 5.41) is 0. The summed E-state index contributed by atoms with van der Waals surface area (Å²) in [6.45, 7) is 2.73. The van der Waals surface area contributed by atoms with Gasteiger partial charge in [-0.15, -0.1) is 0 Å². The minimum absolute atomic E-state index is 0.0888. The highest BCUT2D eigenvalue weighted by Crippen LogP contribution is 2.31. The van der Waals surface area contributed by atoms with Crippen LogP contribution < -0.4 is 10.6 Å². The Morgan fingerprint density at radius 3 is 3.06 bits per heavy atom. The zero-order chi connectivity index (χ0) is 12.4. The van der Waals surface area contributed by atoms with Gasteiger partial charge >= 0.3 is 0 Å². The van der Waals surface area contributed by atoms with E-state index < -0.39 is 0 Å². The van der Waals surface area contributed by atoms with Crippen molar-refractivity contribution in [1.82, 2.24) is 0 Å². The monoisotopic (exact) mass is 296 g/mol. The summed E-state index contributed by atoms with van der Waals surface area (Å²) < 4.78 is 1.07. The summed E-state index contributed by atoms with van der Waals surface area (Å²) in [5.41, 5.74) is 7.98. The molecule has 17 heavy (non-hydrogen) atoms. The quantitative estimate of drug-likeness (QED) is 0.931. The summed E-state index contributed by atoms with van der Waals surface area (Å²) in [7, 11) is 0. The van der Waals surface area contributed by atoms with E-state index in [1.807, 2.05) is 24.0 Å². The van der Waals surface area contributed by atoms with Gasteiger partial charge in [0.15, 0.2) is 0 Å². The van der Waals surface area contributed by atoms with Crippen LogP contribution in [-0.2, 0) is 11.2 Å². The van der Waals surface area contributed by atoms with Crippen LogP contribution in [0.2, 0.25) is 0 Å². The van der Waals surface area contributed by atoms with Crippen molar-refractivity contribution >= 4 is 27.5 Å². The molecule has 0 saturated heterocycles. The second kappa shape index (κ2) is 5.19. The molecule has 1 aromatic rings. The maximum atomic E-state index is 12.1. The van der Waals surface area contributed by atoms with Crippen LogP contribution in [0.1, 0.15) is 25.3 Å². The van der Waals surface area contributed by atoms with E-state index in [2.05, 4.69) is 22.0 Å². The molecule has 0 saturated carbocycles. The molecule has 3 nitrogen and oxygen atoms in total. The van der Waals surface area contributed by atoms with Crippen LogP contribution in [-0.4, -0.2) is 18.5 Å². The lowest BCUT2D eigenvalue weighted by molar-refractivity contribution is -0.118. The molecule has 1 atom stereocenters. The van der Waals surface area contributed by atoms with E-state index in [0.717, 1.165) is 29.5 Å². The summed E-state index contributed by atoms with van der Waals surface area (Å²) in [6, 6.07) is 6.17. The molecule has 0 bridgehead atoms. The molecule has 2 rings (SSSR count). The molecule has 0 spiro atoms. The first-order valence-corrected chi connectivity index (χ1v) is 6.71. The van der Waals surface area contributed by atoms with Crippen molar-refractivity contribution in [2.45, 2.75) is 32.2 Å². The van der Waals surface area contributed by atoms with E-state index in [0.29, 0.717) is 6.42 Å². The average Bonchev–Trinajstić information content (AvgIpc) is 2.68. The Morgan fingerprint density at radius 1 is 1.59 bits per heavy atom. The maximum absolute atomic E-state index is 12.1. The Bertz CT molecular complexity index is 431. The predicted octanol–water partition coefficient (Wildman–Crippen LogP) is 2.47. The largest absolute Gasteiger partial charge is 0.328 e. The fraction of sp³-hybridized carbons (Fsp3) is 0.462. The highest BCUT2D eigenvalue weighted by molar-refractivity contribution is 9.10. The minimum Gasteiger partial charge on any atom is -0.328 e. The number of nitrogens with zero attached hydrogens (tertiary/aromatic N) is 1. The number of amides is 1. The number of nitrogens with two attached hydrogens (primary N) is 1. The summed E-state index contributed by atoms with van der Waals surface area (Å²) in [5.74, 6) is 0.184. The van der Waals surface area contributed by atoms with E-state index in [1.165, 1.54) is 5.56 Å². The average molecular weight is 297 g/mol. The summed E-state index contributed by atoms with van der Waals surface area (Å²) in [6.07, 6.45) is 2.23. The fourth-order valence-corrected chi connectivity index (χ4v) is 2.52. The molecular formula is C13H17BrN2O. The lowest BCUT2D eigenvalue weighted by atomic mass is 10.1. The SMILES string of the molecule is CC(N)CCC(=O)N1CCc2cc(Br)ccc21. The van der Waals surface area contributed by atoms with Crippen molar-refractivity contribution in [1.29, 1.82) is 0 Å². The van der Waals surface area contributed by atoms with Gasteiger partial charge in [0.25, 0.3) is 0 Å². The van der Waals surface area contributed by atoms with Gasteiger partial charge < -0.3 is 10.6 Å². The van der Waals surface area contributed by atoms with E-state index in [-0.39, 0.29) is 11.9 Å². The van der Waals surface area contributed by atoms with Crippen molar-refractivity contribution in [2.24, 2.45) is 5.73 Å². The molecule has 1 heterocycles. The first-order chi connectivity index (χ1) is 8.08. The van der Waals surface area contributed by atoms with E-state index in [9.17, 15) is 4.79 Å². The number of anilines is 1. The number of rotatable bonds is 3. The second-order valence-corrected chi connectivity index (χ2v) is 5.50. The third kappa shape index (κ3) is 2.87.